The highest BCUT2D eigenvalue weighted by Gasteiger charge is 2.45. The molecule has 0 amide bonds. The first kappa shape index (κ1) is 12.2. The number of hydrogen-bond acceptors (Lipinski definition) is 1. The maximum absolute atomic E-state index is 14.7. The summed E-state index contributed by atoms with van der Waals surface area (Å²) in [5.41, 5.74) is 0.660. The minimum atomic E-state index is -3.05. The molecule has 102 valence electrons. The lowest BCUT2D eigenvalue weighted by molar-refractivity contribution is 0.0811. The zero-order valence-electron chi connectivity index (χ0n) is 11.1. The van der Waals surface area contributed by atoms with Crippen LogP contribution in [0.4, 0.5) is 14.5 Å². The average molecular weight is 279 g/mol. The first-order valence-corrected chi connectivity index (χ1v) is 6.72. The summed E-state index contributed by atoms with van der Waals surface area (Å²) in [5, 5.41) is 1.73. The van der Waals surface area contributed by atoms with Gasteiger partial charge in [0.15, 0.2) is 0 Å². The molecule has 4 rings (SSSR count). The number of nitrogens with zero attached hydrogens (tertiary/aromatic N) is 1. The summed E-state index contributed by atoms with van der Waals surface area (Å²) in [6.07, 6.45) is 0. The van der Waals surface area contributed by atoms with E-state index in [0.717, 1.165) is 10.8 Å². The Hall–Kier alpha value is -2.55. The number of fused-ring (bicyclic) bond motifs is 2. The van der Waals surface area contributed by atoms with Gasteiger partial charge in [0.25, 0.3) is 0 Å². The fourth-order valence-electron chi connectivity index (χ4n) is 2.82. The molecular formula is C18H11F2N. The minimum absolute atomic E-state index is 0.0204. The van der Waals surface area contributed by atoms with Crippen LogP contribution in [-0.2, 0) is 5.92 Å². The van der Waals surface area contributed by atoms with Gasteiger partial charge in [-0.2, -0.15) is 8.78 Å². The molecule has 0 unspecified atom stereocenters. The standard InChI is InChI=1S/C18H11F2N/c19-18(20)15-10-3-4-11-16(15)21-17(18)14-9-5-7-12-6-1-2-8-13(12)14/h1-11H. The maximum atomic E-state index is 14.7. The Morgan fingerprint density at radius 1 is 0.762 bits per heavy atom. The predicted molar refractivity (Wildman–Crippen MR) is 80.5 cm³/mol. The molecule has 1 aliphatic rings. The second-order valence-electron chi connectivity index (χ2n) is 5.08. The number of halogens is 2. The van der Waals surface area contributed by atoms with Crippen molar-refractivity contribution in [2.45, 2.75) is 5.92 Å². The zero-order valence-corrected chi connectivity index (χ0v) is 11.1. The minimum Gasteiger partial charge on any atom is -0.246 e. The highest BCUT2D eigenvalue weighted by atomic mass is 19.3. The normalized spacial score (nSPS) is 15.8. The van der Waals surface area contributed by atoms with Crippen LogP contribution >= 0.6 is 0 Å². The Morgan fingerprint density at radius 2 is 1.48 bits per heavy atom. The van der Waals surface area contributed by atoms with Crippen molar-refractivity contribution >= 4 is 22.2 Å². The zero-order chi connectivity index (χ0) is 14.4. The SMILES string of the molecule is FC1(F)C(c2cccc3ccccc23)=Nc2ccccc21. The smallest absolute Gasteiger partial charge is 0.246 e. The van der Waals surface area contributed by atoms with E-state index in [0.29, 0.717) is 11.3 Å². The summed E-state index contributed by atoms with van der Waals surface area (Å²) in [7, 11) is 0. The predicted octanol–water partition coefficient (Wildman–Crippen LogP) is 5.07. The second-order valence-corrected chi connectivity index (χ2v) is 5.08. The molecule has 0 bridgehead atoms. The summed E-state index contributed by atoms with van der Waals surface area (Å²) in [4.78, 5) is 4.19. The van der Waals surface area contributed by atoms with Gasteiger partial charge in [-0.3, -0.25) is 0 Å². The Morgan fingerprint density at radius 3 is 2.33 bits per heavy atom. The third kappa shape index (κ3) is 1.70. The number of alkyl halides is 2. The monoisotopic (exact) mass is 279 g/mol. The molecule has 0 atom stereocenters. The van der Waals surface area contributed by atoms with E-state index in [2.05, 4.69) is 4.99 Å². The van der Waals surface area contributed by atoms with Gasteiger partial charge in [-0.05, 0) is 16.8 Å². The highest BCUT2D eigenvalue weighted by Crippen LogP contribution is 2.45. The Kier molecular flexibility index (Phi) is 2.45. The van der Waals surface area contributed by atoms with Crippen molar-refractivity contribution in [2.24, 2.45) is 4.99 Å². The van der Waals surface area contributed by atoms with Crippen LogP contribution in [0.5, 0.6) is 0 Å². The van der Waals surface area contributed by atoms with Crippen molar-refractivity contribution < 1.29 is 8.78 Å². The average Bonchev–Trinajstić information content (AvgIpc) is 2.78. The summed E-state index contributed by atoms with van der Waals surface area (Å²) >= 11 is 0. The molecule has 0 aromatic heterocycles. The molecule has 0 radical (unpaired) electrons. The molecule has 3 heteroatoms. The van der Waals surface area contributed by atoms with E-state index < -0.39 is 5.92 Å². The van der Waals surface area contributed by atoms with Crippen LogP contribution < -0.4 is 0 Å². The van der Waals surface area contributed by atoms with Crippen LogP contribution in [-0.4, -0.2) is 5.71 Å². The molecule has 3 aromatic carbocycles. The first-order chi connectivity index (χ1) is 10.2. The third-order valence-electron chi connectivity index (χ3n) is 3.82. The molecule has 1 heterocycles. The van der Waals surface area contributed by atoms with Crippen LogP contribution in [0.3, 0.4) is 0 Å². The molecule has 0 N–H and O–H groups in total. The number of hydrogen-bond donors (Lipinski definition) is 0. The Labute approximate surface area is 120 Å². The molecule has 0 saturated carbocycles. The Balaban J connectivity index is 1.99. The first-order valence-electron chi connectivity index (χ1n) is 6.72. The van der Waals surface area contributed by atoms with E-state index >= 15 is 0 Å². The van der Waals surface area contributed by atoms with Crippen molar-refractivity contribution in [3.8, 4) is 0 Å². The lowest BCUT2D eigenvalue weighted by Crippen LogP contribution is -2.23. The molecule has 0 fully saturated rings. The van der Waals surface area contributed by atoms with Crippen LogP contribution in [0.2, 0.25) is 0 Å². The van der Waals surface area contributed by atoms with Crippen molar-refractivity contribution in [3.63, 3.8) is 0 Å². The van der Waals surface area contributed by atoms with Gasteiger partial charge in [-0.25, -0.2) is 4.99 Å². The topological polar surface area (TPSA) is 12.4 Å². The lowest BCUT2D eigenvalue weighted by atomic mass is 9.95. The van der Waals surface area contributed by atoms with Crippen molar-refractivity contribution in [2.75, 3.05) is 0 Å². The quantitative estimate of drug-likeness (QED) is 0.590. The summed E-state index contributed by atoms with van der Waals surface area (Å²) in [6.45, 7) is 0. The van der Waals surface area contributed by atoms with E-state index in [4.69, 9.17) is 0 Å². The van der Waals surface area contributed by atoms with Gasteiger partial charge >= 0.3 is 5.92 Å². The van der Waals surface area contributed by atoms with Gasteiger partial charge in [0, 0.05) is 5.56 Å². The van der Waals surface area contributed by atoms with Gasteiger partial charge in [-0.1, -0.05) is 60.7 Å². The van der Waals surface area contributed by atoms with Crippen molar-refractivity contribution in [3.05, 3.63) is 77.9 Å². The number of para-hydroxylation sites is 1. The van der Waals surface area contributed by atoms with E-state index in [1.165, 1.54) is 6.07 Å². The van der Waals surface area contributed by atoms with Gasteiger partial charge in [-0.15, -0.1) is 0 Å². The molecule has 0 spiro atoms. The maximum Gasteiger partial charge on any atom is 0.317 e. The van der Waals surface area contributed by atoms with Gasteiger partial charge < -0.3 is 0 Å². The van der Waals surface area contributed by atoms with E-state index in [1.54, 1.807) is 30.3 Å². The number of rotatable bonds is 1. The van der Waals surface area contributed by atoms with Gasteiger partial charge in [0.05, 0.1) is 11.3 Å². The van der Waals surface area contributed by atoms with Crippen LogP contribution in [0.25, 0.3) is 10.8 Å². The van der Waals surface area contributed by atoms with Crippen molar-refractivity contribution in [1.29, 1.82) is 0 Å². The van der Waals surface area contributed by atoms with Crippen LogP contribution in [0.1, 0.15) is 11.1 Å². The number of benzene rings is 3. The largest absolute Gasteiger partial charge is 0.317 e. The summed E-state index contributed by atoms with van der Waals surface area (Å²) in [6, 6.07) is 19.4. The third-order valence-corrected chi connectivity index (χ3v) is 3.82. The van der Waals surface area contributed by atoms with Crippen molar-refractivity contribution in [1.82, 2.24) is 0 Å². The summed E-state index contributed by atoms with van der Waals surface area (Å²) < 4.78 is 29.4. The fourth-order valence-corrected chi connectivity index (χ4v) is 2.82. The molecule has 3 aromatic rings. The molecule has 1 aliphatic heterocycles. The Bertz CT molecular complexity index is 876. The number of aliphatic imine (C=N–C) groups is 1. The van der Waals surface area contributed by atoms with E-state index in [-0.39, 0.29) is 11.3 Å². The molecule has 0 aliphatic carbocycles. The van der Waals surface area contributed by atoms with Gasteiger partial charge in [0.1, 0.15) is 5.71 Å². The molecule has 1 nitrogen and oxygen atoms in total. The highest BCUT2D eigenvalue weighted by molar-refractivity contribution is 6.17. The molecular weight excluding hydrogens is 268 g/mol. The molecule has 21 heavy (non-hydrogen) atoms. The van der Waals surface area contributed by atoms with Gasteiger partial charge in [0.2, 0.25) is 0 Å². The van der Waals surface area contributed by atoms with Crippen LogP contribution in [0.15, 0.2) is 71.7 Å². The lowest BCUT2D eigenvalue weighted by Gasteiger charge is -2.15. The summed E-state index contributed by atoms with van der Waals surface area (Å²) in [5.74, 6) is -3.05. The van der Waals surface area contributed by atoms with E-state index in [9.17, 15) is 8.78 Å². The fraction of sp³-hybridized carbons (Fsp3) is 0.0556. The van der Waals surface area contributed by atoms with Crippen LogP contribution in [0, 0.1) is 0 Å². The van der Waals surface area contributed by atoms with E-state index in [1.807, 2.05) is 30.3 Å². The second kappa shape index (κ2) is 4.22. The molecule has 0 saturated heterocycles.